The molecule has 1 fully saturated rings. The first-order valence-electron chi connectivity index (χ1n) is 6.45. The van der Waals surface area contributed by atoms with Gasteiger partial charge in [0.1, 0.15) is 0 Å². The number of halogens is 6. The predicted octanol–water partition coefficient (Wildman–Crippen LogP) is 4.55. The van der Waals surface area contributed by atoms with Gasteiger partial charge < -0.3 is 4.74 Å². The van der Waals surface area contributed by atoms with Gasteiger partial charge in [-0.25, -0.2) is 4.79 Å². The van der Waals surface area contributed by atoms with E-state index in [1.165, 1.54) is 0 Å². The summed E-state index contributed by atoms with van der Waals surface area (Å²) in [5.41, 5.74) is -4.97. The smallest absolute Gasteiger partial charge is 0.436 e. The topological polar surface area (TPSA) is 26.3 Å². The van der Waals surface area contributed by atoms with Crippen molar-refractivity contribution in [2.75, 3.05) is 0 Å². The number of carbonyl (C=O) groups excluding carboxylic acids is 1. The molecule has 21 heavy (non-hydrogen) atoms. The van der Waals surface area contributed by atoms with Crippen molar-refractivity contribution in [1.29, 1.82) is 0 Å². The molecule has 0 saturated heterocycles. The summed E-state index contributed by atoms with van der Waals surface area (Å²) in [6, 6.07) is 0. The largest absolute Gasteiger partial charge is 0.437 e. The minimum Gasteiger partial charge on any atom is -0.436 e. The van der Waals surface area contributed by atoms with Crippen LogP contribution in [0.25, 0.3) is 0 Å². The van der Waals surface area contributed by atoms with E-state index < -0.39 is 35.4 Å². The van der Waals surface area contributed by atoms with Crippen LogP contribution in [0.2, 0.25) is 0 Å². The van der Waals surface area contributed by atoms with E-state index in [1.807, 2.05) is 0 Å². The maximum atomic E-state index is 13.3. The molecule has 2 nitrogen and oxygen atoms in total. The molecule has 1 aliphatic carbocycles. The number of ether oxygens (including phenoxy) is 1. The summed E-state index contributed by atoms with van der Waals surface area (Å²) >= 11 is 0. The average Bonchev–Trinajstić information content (AvgIpc) is 2.33. The first kappa shape index (κ1) is 17.8. The Morgan fingerprint density at radius 3 is 1.76 bits per heavy atom. The molecule has 0 aliphatic heterocycles. The molecule has 1 rings (SSSR count). The second kappa shape index (κ2) is 5.88. The van der Waals surface area contributed by atoms with Gasteiger partial charge in [-0.05, 0) is 19.8 Å². The molecule has 0 amide bonds. The van der Waals surface area contributed by atoms with Crippen molar-refractivity contribution in [3.8, 4) is 0 Å². The SMILES string of the molecule is C=C(C)C(=O)OC(C1CCCCC1)(C(F)(F)F)C(F)(F)F. The van der Waals surface area contributed by atoms with Crippen LogP contribution < -0.4 is 0 Å². The fourth-order valence-corrected chi connectivity index (χ4v) is 2.57. The van der Waals surface area contributed by atoms with E-state index in [9.17, 15) is 31.1 Å². The maximum absolute atomic E-state index is 13.3. The van der Waals surface area contributed by atoms with Crippen LogP contribution in [0.1, 0.15) is 39.0 Å². The Morgan fingerprint density at radius 2 is 1.43 bits per heavy atom. The Balaban J connectivity index is 3.35. The van der Waals surface area contributed by atoms with Crippen LogP contribution in [0.15, 0.2) is 12.2 Å². The highest BCUT2D eigenvalue weighted by Gasteiger charge is 2.77. The number of alkyl halides is 6. The van der Waals surface area contributed by atoms with Gasteiger partial charge >= 0.3 is 23.9 Å². The first-order valence-corrected chi connectivity index (χ1v) is 6.45. The van der Waals surface area contributed by atoms with E-state index in [1.54, 1.807) is 0 Å². The molecule has 0 N–H and O–H groups in total. The molecule has 0 aromatic carbocycles. The highest BCUT2D eigenvalue weighted by molar-refractivity contribution is 5.87. The molecular weight excluding hydrogens is 302 g/mol. The lowest BCUT2D eigenvalue weighted by atomic mass is 9.75. The summed E-state index contributed by atoms with van der Waals surface area (Å²) in [6.07, 6.45) is -11.0. The fraction of sp³-hybridized carbons (Fsp3) is 0.769. The molecule has 8 heteroatoms. The summed E-state index contributed by atoms with van der Waals surface area (Å²) in [7, 11) is 0. The van der Waals surface area contributed by atoms with Gasteiger partial charge in [-0.1, -0.05) is 25.8 Å². The van der Waals surface area contributed by atoms with Crippen molar-refractivity contribution >= 4 is 5.97 Å². The van der Waals surface area contributed by atoms with E-state index in [0.29, 0.717) is 6.42 Å². The van der Waals surface area contributed by atoms with E-state index in [2.05, 4.69) is 11.3 Å². The van der Waals surface area contributed by atoms with E-state index in [-0.39, 0.29) is 25.7 Å². The van der Waals surface area contributed by atoms with Gasteiger partial charge in [-0.15, -0.1) is 0 Å². The van der Waals surface area contributed by atoms with Gasteiger partial charge in [-0.3, -0.25) is 0 Å². The Hall–Kier alpha value is -1.21. The van der Waals surface area contributed by atoms with Crippen molar-refractivity contribution in [2.24, 2.45) is 5.92 Å². The van der Waals surface area contributed by atoms with E-state index in [0.717, 1.165) is 6.92 Å². The van der Waals surface area contributed by atoms with Crippen molar-refractivity contribution in [3.63, 3.8) is 0 Å². The van der Waals surface area contributed by atoms with Gasteiger partial charge in [0.25, 0.3) is 0 Å². The number of rotatable bonds is 3. The van der Waals surface area contributed by atoms with Crippen molar-refractivity contribution in [1.82, 2.24) is 0 Å². The van der Waals surface area contributed by atoms with Gasteiger partial charge in [0.2, 0.25) is 0 Å². The molecular formula is C13H16F6O2. The molecule has 0 unspecified atom stereocenters. The highest BCUT2D eigenvalue weighted by atomic mass is 19.4. The lowest BCUT2D eigenvalue weighted by molar-refractivity contribution is -0.387. The average molecular weight is 318 g/mol. The monoisotopic (exact) mass is 318 g/mol. The maximum Gasteiger partial charge on any atom is 0.437 e. The van der Waals surface area contributed by atoms with Crippen LogP contribution in [0.5, 0.6) is 0 Å². The van der Waals surface area contributed by atoms with Crippen LogP contribution >= 0.6 is 0 Å². The zero-order valence-electron chi connectivity index (χ0n) is 11.4. The molecule has 0 aromatic heterocycles. The van der Waals surface area contributed by atoms with Gasteiger partial charge in [-0.2, -0.15) is 26.3 Å². The Labute approximate surface area is 118 Å². The van der Waals surface area contributed by atoms with Crippen LogP contribution in [-0.2, 0) is 9.53 Å². The summed E-state index contributed by atoms with van der Waals surface area (Å²) < 4.78 is 83.5. The van der Waals surface area contributed by atoms with Crippen LogP contribution in [-0.4, -0.2) is 23.9 Å². The van der Waals surface area contributed by atoms with Crippen LogP contribution in [0.3, 0.4) is 0 Å². The van der Waals surface area contributed by atoms with Gasteiger partial charge in [0.05, 0.1) is 0 Å². The standard InChI is InChI=1S/C13H16F6O2/c1-8(2)10(20)21-11(12(14,15)16,13(17,18)19)9-6-4-3-5-7-9/h9H,1,3-7H2,2H3. The molecule has 0 heterocycles. The Morgan fingerprint density at radius 1 is 1.00 bits per heavy atom. The minimum absolute atomic E-state index is 0.239. The van der Waals surface area contributed by atoms with E-state index in [4.69, 9.17) is 0 Å². The minimum atomic E-state index is -5.74. The summed E-state index contributed by atoms with van der Waals surface area (Å²) in [5, 5.41) is 0. The van der Waals surface area contributed by atoms with Crippen molar-refractivity contribution in [3.05, 3.63) is 12.2 Å². The van der Waals surface area contributed by atoms with Crippen LogP contribution in [0.4, 0.5) is 26.3 Å². The molecule has 0 atom stereocenters. The Kier molecular flexibility index (Phi) is 5.00. The van der Waals surface area contributed by atoms with E-state index >= 15 is 0 Å². The third-order valence-electron chi connectivity index (χ3n) is 3.62. The highest BCUT2D eigenvalue weighted by Crippen LogP contribution is 2.54. The van der Waals surface area contributed by atoms with Crippen molar-refractivity contribution < 1.29 is 35.9 Å². The molecule has 0 bridgehead atoms. The molecule has 1 saturated carbocycles. The number of hydrogen-bond donors (Lipinski definition) is 0. The summed E-state index contributed by atoms with van der Waals surface area (Å²) in [5.74, 6) is -3.51. The molecule has 0 aromatic rings. The molecule has 0 radical (unpaired) electrons. The van der Waals surface area contributed by atoms with Gasteiger partial charge in [0.15, 0.2) is 0 Å². The second-order valence-corrected chi connectivity index (χ2v) is 5.24. The Bertz CT molecular complexity index is 390. The third-order valence-corrected chi connectivity index (χ3v) is 3.62. The number of hydrogen-bond acceptors (Lipinski definition) is 2. The lowest BCUT2D eigenvalue weighted by Crippen LogP contribution is -2.64. The number of esters is 1. The molecule has 1 aliphatic rings. The lowest BCUT2D eigenvalue weighted by Gasteiger charge is -2.43. The zero-order chi connectivity index (χ0) is 16.5. The quantitative estimate of drug-likeness (QED) is 0.433. The van der Waals surface area contributed by atoms with Gasteiger partial charge in [0, 0.05) is 11.5 Å². The third kappa shape index (κ3) is 3.35. The first-order chi connectivity index (χ1) is 9.43. The van der Waals surface area contributed by atoms with Crippen molar-refractivity contribution in [2.45, 2.75) is 57.0 Å². The zero-order valence-corrected chi connectivity index (χ0v) is 11.4. The molecule has 122 valence electrons. The number of carbonyl (C=O) groups is 1. The summed E-state index contributed by atoms with van der Waals surface area (Å²) in [4.78, 5) is 11.4. The summed E-state index contributed by atoms with van der Waals surface area (Å²) in [6.45, 7) is 4.04. The van der Waals surface area contributed by atoms with Crippen LogP contribution in [0, 0.1) is 5.92 Å². The predicted molar refractivity (Wildman–Crippen MR) is 62.3 cm³/mol. The second-order valence-electron chi connectivity index (χ2n) is 5.24. The molecule has 0 spiro atoms. The fourth-order valence-electron chi connectivity index (χ4n) is 2.57. The normalized spacial score (nSPS) is 18.4.